The van der Waals surface area contributed by atoms with Gasteiger partial charge in [0.05, 0.1) is 11.7 Å². The highest BCUT2D eigenvalue weighted by molar-refractivity contribution is 5.67. The average molecular weight is 223 g/mol. The first-order valence-electron chi connectivity index (χ1n) is 4.94. The fraction of sp³-hybridized carbons (Fsp3) is 0.300. The summed E-state index contributed by atoms with van der Waals surface area (Å²) >= 11 is 0. The van der Waals surface area contributed by atoms with Crippen molar-refractivity contribution in [2.75, 3.05) is 18.6 Å². The molecule has 2 rings (SSSR count). The molecule has 0 saturated carbocycles. The van der Waals surface area contributed by atoms with Crippen LogP contribution in [0.15, 0.2) is 24.3 Å². The van der Waals surface area contributed by atoms with Crippen molar-refractivity contribution in [2.45, 2.75) is 6.04 Å². The minimum atomic E-state index is -0.998. The van der Waals surface area contributed by atoms with Crippen LogP contribution in [0.3, 0.4) is 0 Å². The van der Waals surface area contributed by atoms with Crippen molar-refractivity contribution in [1.82, 2.24) is 10.9 Å². The molecule has 0 radical (unpaired) electrons. The summed E-state index contributed by atoms with van der Waals surface area (Å²) in [5.74, 6) is -0.998. The number of benzene rings is 1. The van der Waals surface area contributed by atoms with Crippen molar-refractivity contribution in [3.05, 3.63) is 29.8 Å². The molecule has 0 aromatic heterocycles. The van der Waals surface area contributed by atoms with Crippen molar-refractivity contribution < 1.29 is 14.7 Å². The summed E-state index contributed by atoms with van der Waals surface area (Å²) in [7, 11) is 0. The van der Waals surface area contributed by atoms with Crippen LogP contribution in [0.2, 0.25) is 0 Å². The van der Waals surface area contributed by atoms with Crippen LogP contribution < -0.4 is 16.3 Å². The number of aliphatic carboxylic acids is 1. The average Bonchev–Trinajstić information content (AvgIpc) is 2.29. The topological polar surface area (TPSA) is 82.6 Å². The number of hydrogen-bond acceptors (Lipinski definition) is 5. The zero-order chi connectivity index (χ0) is 11.4. The second-order valence-electron chi connectivity index (χ2n) is 3.45. The lowest BCUT2D eigenvalue weighted by atomic mass is 10.0. The number of carboxylic acids is 1. The van der Waals surface area contributed by atoms with E-state index in [0.717, 1.165) is 11.3 Å². The zero-order valence-corrected chi connectivity index (χ0v) is 8.56. The Morgan fingerprint density at radius 1 is 1.56 bits per heavy atom. The summed E-state index contributed by atoms with van der Waals surface area (Å²) < 4.78 is 0. The minimum absolute atomic E-state index is 0.0585. The van der Waals surface area contributed by atoms with E-state index in [9.17, 15) is 4.79 Å². The van der Waals surface area contributed by atoms with E-state index in [1.54, 1.807) is 0 Å². The molecule has 0 spiro atoms. The first kappa shape index (κ1) is 10.9. The number of para-hydroxylation sites is 1. The molecule has 1 aliphatic heterocycles. The van der Waals surface area contributed by atoms with Gasteiger partial charge < -0.3 is 10.5 Å². The fourth-order valence-electron chi connectivity index (χ4n) is 1.58. The molecule has 0 saturated heterocycles. The van der Waals surface area contributed by atoms with E-state index in [-0.39, 0.29) is 12.6 Å². The molecular weight excluding hydrogens is 210 g/mol. The number of anilines is 1. The minimum Gasteiger partial charge on any atom is -0.479 e. The monoisotopic (exact) mass is 223 g/mol. The van der Waals surface area contributed by atoms with Crippen molar-refractivity contribution in [3.63, 3.8) is 0 Å². The highest BCUT2D eigenvalue weighted by Crippen LogP contribution is 2.24. The van der Waals surface area contributed by atoms with E-state index in [2.05, 4.69) is 16.3 Å². The molecule has 1 heterocycles. The van der Waals surface area contributed by atoms with Crippen molar-refractivity contribution >= 4 is 11.7 Å². The van der Waals surface area contributed by atoms with Crippen LogP contribution in [0.4, 0.5) is 5.69 Å². The lowest BCUT2D eigenvalue weighted by Gasteiger charge is -2.27. The summed E-state index contributed by atoms with van der Waals surface area (Å²) in [6, 6.07) is 7.70. The number of hydrogen-bond donors (Lipinski definition) is 4. The molecule has 0 bridgehead atoms. The number of carbonyl (C=O) groups is 1. The maximum Gasteiger partial charge on any atom is 0.331 e. The number of fused-ring (bicyclic) bond motifs is 1. The second-order valence-corrected chi connectivity index (χ2v) is 3.45. The molecule has 0 amide bonds. The molecular formula is C10H13N3O3. The van der Waals surface area contributed by atoms with Crippen molar-refractivity contribution in [3.8, 4) is 0 Å². The highest BCUT2D eigenvalue weighted by atomic mass is 16.7. The summed E-state index contributed by atoms with van der Waals surface area (Å²) in [4.78, 5) is 15.2. The van der Waals surface area contributed by atoms with E-state index < -0.39 is 5.97 Å². The molecule has 1 aromatic rings. The molecule has 0 fully saturated rings. The van der Waals surface area contributed by atoms with E-state index in [1.165, 1.54) is 0 Å². The number of nitrogens with one attached hydrogen (secondary N) is 3. The van der Waals surface area contributed by atoms with Gasteiger partial charge in [-0.05, 0) is 11.6 Å². The SMILES string of the molecule is O=C(O)CONC1CNNc2ccccc21. The molecule has 1 aliphatic rings. The van der Waals surface area contributed by atoms with Gasteiger partial charge in [0.15, 0.2) is 6.61 Å². The third-order valence-electron chi connectivity index (χ3n) is 2.29. The smallest absolute Gasteiger partial charge is 0.331 e. The Morgan fingerprint density at radius 2 is 2.38 bits per heavy atom. The lowest BCUT2D eigenvalue weighted by Crippen LogP contribution is -2.40. The van der Waals surface area contributed by atoms with Gasteiger partial charge in [-0.1, -0.05) is 18.2 Å². The van der Waals surface area contributed by atoms with Crippen LogP contribution >= 0.6 is 0 Å². The first-order valence-corrected chi connectivity index (χ1v) is 4.94. The van der Waals surface area contributed by atoms with E-state index in [0.29, 0.717) is 6.54 Å². The number of hydroxylamine groups is 1. The fourth-order valence-corrected chi connectivity index (χ4v) is 1.58. The van der Waals surface area contributed by atoms with Gasteiger partial charge in [0, 0.05) is 6.54 Å². The Labute approximate surface area is 92.5 Å². The van der Waals surface area contributed by atoms with Gasteiger partial charge in [-0.2, -0.15) is 5.48 Å². The van der Waals surface area contributed by atoms with Crippen LogP contribution in [0.1, 0.15) is 11.6 Å². The molecule has 16 heavy (non-hydrogen) atoms. The van der Waals surface area contributed by atoms with Crippen LogP contribution in [0.5, 0.6) is 0 Å². The van der Waals surface area contributed by atoms with Gasteiger partial charge in [-0.3, -0.25) is 4.84 Å². The van der Waals surface area contributed by atoms with Crippen molar-refractivity contribution in [2.24, 2.45) is 0 Å². The standard InChI is InChI=1S/C10H13N3O3/c14-10(15)6-16-13-9-5-11-12-8-4-2-1-3-7(8)9/h1-4,9,11-13H,5-6H2,(H,14,15). The summed E-state index contributed by atoms with van der Waals surface area (Å²) in [5, 5.41) is 8.45. The van der Waals surface area contributed by atoms with E-state index >= 15 is 0 Å². The molecule has 1 unspecified atom stereocenters. The Morgan fingerprint density at radius 3 is 3.19 bits per heavy atom. The molecule has 1 atom stereocenters. The summed E-state index contributed by atoms with van der Waals surface area (Å²) in [5.41, 5.74) is 10.8. The maximum absolute atomic E-state index is 10.3. The third kappa shape index (κ3) is 2.48. The maximum atomic E-state index is 10.3. The Kier molecular flexibility index (Phi) is 3.35. The summed E-state index contributed by atoms with van der Waals surface area (Å²) in [6.45, 7) is 0.267. The van der Waals surface area contributed by atoms with Gasteiger partial charge in [0.2, 0.25) is 0 Å². The second kappa shape index (κ2) is 4.93. The Balaban J connectivity index is 1.99. The highest BCUT2D eigenvalue weighted by Gasteiger charge is 2.19. The predicted molar refractivity (Wildman–Crippen MR) is 57.5 cm³/mol. The normalized spacial score (nSPS) is 18.6. The molecule has 0 aliphatic carbocycles. The zero-order valence-electron chi connectivity index (χ0n) is 8.56. The molecule has 6 nitrogen and oxygen atoms in total. The van der Waals surface area contributed by atoms with Gasteiger partial charge in [-0.15, -0.1) is 0 Å². The molecule has 4 N–H and O–H groups in total. The summed E-state index contributed by atoms with van der Waals surface area (Å²) in [6.07, 6.45) is 0. The predicted octanol–water partition coefficient (Wildman–Crippen LogP) is 0.264. The van der Waals surface area contributed by atoms with Crippen molar-refractivity contribution in [1.29, 1.82) is 0 Å². The quantitative estimate of drug-likeness (QED) is 0.548. The Bertz CT molecular complexity index is 383. The van der Waals surface area contributed by atoms with Gasteiger partial charge in [0.25, 0.3) is 0 Å². The molecule has 86 valence electrons. The van der Waals surface area contributed by atoms with Gasteiger partial charge in [-0.25, -0.2) is 10.2 Å². The van der Waals surface area contributed by atoms with Gasteiger partial charge >= 0.3 is 5.97 Å². The number of hydrazine groups is 1. The third-order valence-corrected chi connectivity index (χ3v) is 2.29. The number of carboxylic acid groups (broad SMARTS) is 1. The van der Waals surface area contributed by atoms with E-state index in [4.69, 9.17) is 9.94 Å². The lowest BCUT2D eigenvalue weighted by molar-refractivity contribution is -0.146. The van der Waals surface area contributed by atoms with Crippen LogP contribution in [0, 0.1) is 0 Å². The van der Waals surface area contributed by atoms with Crippen LogP contribution in [-0.4, -0.2) is 24.2 Å². The number of rotatable bonds is 4. The van der Waals surface area contributed by atoms with E-state index in [1.807, 2.05) is 24.3 Å². The Hall–Kier alpha value is -1.63. The van der Waals surface area contributed by atoms with Crippen LogP contribution in [0.25, 0.3) is 0 Å². The largest absolute Gasteiger partial charge is 0.479 e. The van der Waals surface area contributed by atoms with Gasteiger partial charge in [0.1, 0.15) is 0 Å². The van der Waals surface area contributed by atoms with Crippen LogP contribution in [-0.2, 0) is 9.63 Å². The first-order chi connectivity index (χ1) is 7.77. The molecule has 1 aromatic carbocycles. The molecule has 6 heteroatoms.